The highest BCUT2D eigenvalue weighted by atomic mass is 32.1. The Kier molecular flexibility index (Phi) is 8.77. The Labute approximate surface area is 225 Å². The maximum absolute atomic E-state index is 14.0. The quantitative estimate of drug-likeness (QED) is 0.296. The molecule has 2 aliphatic rings. The summed E-state index contributed by atoms with van der Waals surface area (Å²) >= 11 is 1.31. The van der Waals surface area contributed by atoms with Crippen molar-refractivity contribution in [1.29, 1.82) is 0 Å². The molecule has 2 aromatic rings. The number of carbonyl (C=O) groups is 2. The zero-order valence-corrected chi connectivity index (χ0v) is 23.5. The van der Waals surface area contributed by atoms with Crippen LogP contribution in [0.3, 0.4) is 0 Å². The van der Waals surface area contributed by atoms with Gasteiger partial charge in [0.2, 0.25) is 5.91 Å². The molecule has 2 saturated carbocycles. The van der Waals surface area contributed by atoms with Crippen LogP contribution in [-0.4, -0.2) is 31.1 Å². The summed E-state index contributed by atoms with van der Waals surface area (Å²) in [4.78, 5) is 30.0. The van der Waals surface area contributed by atoms with E-state index in [1.807, 2.05) is 29.2 Å². The van der Waals surface area contributed by atoms with E-state index in [9.17, 15) is 9.59 Å². The number of anilines is 1. The predicted molar refractivity (Wildman–Crippen MR) is 149 cm³/mol. The van der Waals surface area contributed by atoms with Crippen LogP contribution in [0.25, 0.3) is 0 Å². The Bertz CT molecular complexity index is 1140. The SMILES string of the molecule is COC(=O)c1sc(C#CC(C)(C)C)cc1N(C(=O)C1CCC(C)CC1)[C@H]1C[C@H](OCc2ccccc2)C1. The van der Waals surface area contributed by atoms with E-state index in [0.717, 1.165) is 49.0 Å². The number of carbonyl (C=O) groups excluding carboxylic acids is 2. The molecule has 0 saturated heterocycles. The summed E-state index contributed by atoms with van der Waals surface area (Å²) in [5.41, 5.74) is 1.62. The van der Waals surface area contributed by atoms with Gasteiger partial charge in [0, 0.05) is 17.4 Å². The Morgan fingerprint density at radius 3 is 2.38 bits per heavy atom. The highest BCUT2D eigenvalue weighted by Crippen LogP contribution is 2.41. The van der Waals surface area contributed by atoms with Crippen LogP contribution in [0.2, 0.25) is 0 Å². The Morgan fingerprint density at radius 2 is 1.76 bits per heavy atom. The molecule has 4 rings (SSSR count). The predicted octanol–water partition coefficient (Wildman–Crippen LogP) is 6.84. The fourth-order valence-electron chi connectivity index (χ4n) is 4.98. The number of nitrogens with zero attached hydrogens (tertiary/aromatic N) is 1. The van der Waals surface area contributed by atoms with Gasteiger partial charge in [-0.25, -0.2) is 4.79 Å². The lowest BCUT2D eigenvalue weighted by Gasteiger charge is -2.44. The number of thiophene rings is 1. The van der Waals surface area contributed by atoms with Crippen LogP contribution in [0, 0.1) is 29.1 Å². The molecule has 0 N–H and O–H groups in total. The van der Waals surface area contributed by atoms with Crippen molar-refractivity contribution in [3.05, 3.63) is 51.7 Å². The van der Waals surface area contributed by atoms with Crippen LogP contribution >= 0.6 is 11.3 Å². The number of rotatable bonds is 7. The number of benzene rings is 1. The van der Waals surface area contributed by atoms with Gasteiger partial charge < -0.3 is 14.4 Å². The van der Waals surface area contributed by atoms with Gasteiger partial charge in [-0.05, 0) is 76.8 Å². The molecule has 0 radical (unpaired) electrons. The second-order valence-electron chi connectivity index (χ2n) is 11.5. The molecule has 1 aromatic carbocycles. The van der Waals surface area contributed by atoms with E-state index < -0.39 is 5.97 Å². The van der Waals surface area contributed by atoms with Crippen LogP contribution in [0.1, 0.15) is 86.3 Å². The van der Waals surface area contributed by atoms with Crippen molar-refractivity contribution in [3.63, 3.8) is 0 Å². The summed E-state index contributed by atoms with van der Waals surface area (Å²) in [6.07, 6.45) is 5.51. The third-order valence-electron chi connectivity index (χ3n) is 7.27. The second-order valence-corrected chi connectivity index (χ2v) is 12.6. The van der Waals surface area contributed by atoms with Gasteiger partial charge in [0.25, 0.3) is 0 Å². The lowest BCUT2D eigenvalue weighted by Crippen LogP contribution is -2.53. The molecule has 198 valence electrons. The van der Waals surface area contributed by atoms with Crippen molar-refractivity contribution in [2.45, 2.75) is 85.0 Å². The molecule has 1 amide bonds. The maximum Gasteiger partial charge on any atom is 0.350 e. The zero-order valence-electron chi connectivity index (χ0n) is 22.7. The van der Waals surface area contributed by atoms with E-state index in [4.69, 9.17) is 9.47 Å². The van der Waals surface area contributed by atoms with E-state index in [1.165, 1.54) is 18.4 Å². The fraction of sp³-hybridized carbons (Fsp3) is 0.548. The topological polar surface area (TPSA) is 55.8 Å². The smallest absolute Gasteiger partial charge is 0.350 e. The molecule has 2 aliphatic carbocycles. The fourth-order valence-corrected chi connectivity index (χ4v) is 5.90. The van der Waals surface area contributed by atoms with E-state index in [0.29, 0.717) is 23.1 Å². The normalized spacial score (nSPS) is 23.4. The molecular formula is C31H39NO4S. The first-order valence-corrected chi connectivity index (χ1v) is 14.2. The molecule has 0 aliphatic heterocycles. The minimum absolute atomic E-state index is 0.00550. The minimum Gasteiger partial charge on any atom is -0.465 e. The lowest BCUT2D eigenvalue weighted by atomic mass is 9.80. The molecule has 0 spiro atoms. The maximum atomic E-state index is 14.0. The molecule has 2 fully saturated rings. The Morgan fingerprint density at radius 1 is 1.08 bits per heavy atom. The monoisotopic (exact) mass is 521 g/mol. The van der Waals surface area contributed by atoms with E-state index in [2.05, 4.69) is 51.7 Å². The molecular weight excluding hydrogens is 482 g/mol. The summed E-state index contributed by atoms with van der Waals surface area (Å²) in [5.74, 6) is 6.81. The molecule has 1 heterocycles. The highest BCUT2D eigenvalue weighted by molar-refractivity contribution is 7.15. The first-order valence-electron chi connectivity index (χ1n) is 13.4. The van der Waals surface area contributed by atoms with Gasteiger partial charge in [-0.15, -0.1) is 11.3 Å². The summed E-state index contributed by atoms with van der Waals surface area (Å²) in [6, 6.07) is 12.1. The minimum atomic E-state index is -0.421. The number of ether oxygens (including phenoxy) is 2. The van der Waals surface area contributed by atoms with Crippen LogP contribution in [0.4, 0.5) is 5.69 Å². The lowest BCUT2D eigenvalue weighted by molar-refractivity contribution is -0.125. The van der Waals surface area contributed by atoms with Crippen molar-refractivity contribution in [2.75, 3.05) is 12.0 Å². The standard InChI is InChI=1S/C31H39NO4S/c1-21-11-13-23(14-12-21)29(33)32(24-17-25(18-24)36-20-22-9-7-6-8-10-22)27-19-26(15-16-31(2,3)4)37-28(27)30(34)35-5/h6-10,19,21,23-25H,11-14,17-18,20H2,1-5H3/t21?,23?,24-,25-. The largest absolute Gasteiger partial charge is 0.465 e. The van der Waals surface area contributed by atoms with Crippen LogP contribution in [0.5, 0.6) is 0 Å². The van der Waals surface area contributed by atoms with Crippen molar-refractivity contribution < 1.29 is 19.1 Å². The average molecular weight is 522 g/mol. The third-order valence-corrected chi connectivity index (χ3v) is 8.29. The van der Waals surface area contributed by atoms with Crippen molar-refractivity contribution in [3.8, 4) is 11.8 Å². The molecule has 1 aromatic heterocycles. The summed E-state index contributed by atoms with van der Waals surface area (Å²) < 4.78 is 11.3. The Hall–Kier alpha value is -2.62. The van der Waals surface area contributed by atoms with Gasteiger partial charge in [0.1, 0.15) is 4.88 Å². The summed E-state index contributed by atoms with van der Waals surface area (Å²) in [5, 5.41) is 0. The Balaban J connectivity index is 1.59. The number of hydrogen-bond acceptors (Lipinski definition) is 5. The summed E-state index contributed by atoms with van der Waals surface area (Å²) in [6.45, 7) is 8.98. The van der Waals surface area contributed by atoms with Crippen molar-refractivity contribution >= 4 is 28.9 Å². The van der Waals surface area contributed by atoms with Crippen molar-refractivity contribution in [1.82, 2.24) is 0 Å². The van der Waals surface area contributed by atoms with Gasteiger partial charge in [-0.2, -0.15) is 0 Å². The molecule has 0 unspecified atom stereocenters. The first kappa shape index (κ1) is 27.4. The average Bonchev–Trinajstić information content (AvgIpc) is 3.27. The van der Waals surface area contributed by atoms with Crippen LogP contribution in [0.15, 0.2) is 36.4 Å². The molecule has 5 nitrogen and oxygen atoms in total. The van der Waals surface area contributed by atoms with Crippen LogP contribution in [-0.2, 0) is 20.9 Å². The number of amides is 1. The highest BCUT2D eigenvalue weighted by Gasteiger charge is 2.42. The molecule has 0 atom stereocenters. The van der Waals surface area contributed by atoms with Crippen molar-refractivity contribution in [2.24, 2.45) is 17.3 Å². The van der Waals surface area contributed by atoms with Gasteiger partial charge >= 0.3 is 5.97 Å². The van der Waals surface area contributed by atoms with E-state index in [1.54, 1.807) is 0 Å². The van der Waals surface area contributed by atoms with Gasteiger partial charge in [-0.1, -0.05) is 49.1 Å². The number of hydrogen-bond donors (Lipinski definition) is 0. The zero-order chi connectivity index (χ0) is 26.6. The first-order chi connectivity index (χ1) is 17.6. The number of methoxy groups -OCH3 is 1. The van der Waals surface area contributed by atoms with Gasteiger partial charge in [0.15, 0.2) is 0 Å². The third kappa shape index (κ3) is 7.03. The number of esters is 1. The van der Waals surface area contributed by atoms with Gasteiger partial charge in [-0.3, -0.25) is 4.79 Å². The van der Waals surface area contributed by atoms with Crippen LogP contribution < -0.4 is 4.90 Å². The van der Waals surface area contributed by atoms with Gasteiger partial charge in [0.05, 0.1) is 30.4 Å². The molecule has 6 heteroatoms. The molecule has 37 heavy (non-hydrogen) atoms. The molecule has 0 bridgehead atoms. The summed E-state index contributed by atoms with van der Waals surface area (Å²) in [7, 11) is 1.39. The second kappa shape index (κ2) is 11.8. The van der Waals surface area contributed by atoms with E-state index >= 15 is 0 Å². The van der Waals surface area contributed by atoms with E-state index in [-0.39, 0.29) is 29.4 Å².